The minimum atomic E-state index is -0.941. The van der Waals surface area contributed by atoms with Gasteiger partial charge in [-0.1, -0.05) is 13.8 Å². The fourth-order valence-electron chi connectivity index (χ4n) is 2.63. The molecule has 116 valence electrons. The molecule has 0 aromatic heterocycles. The van der Waals surface area contributed by atoms with Gasteiger partial charge in [-0.05, 0) is 32.1 Å². The average Bonchev–Trinajstić information content (AvgIpc) is 2.32. The van der Waals surface area contributed by atoms with Gasteiger partial charge in [0.2, 0.25) is 0 Å². The minimum Gasteiger partial charge on any atom is -0.480 e. The standard InChI is InChI=1S/C14H26N2O4/c1-10(2)20-9-7-15-13(19)16-8-5-6-14(3,4)11(16)12(17)18/h10-11H,5-9H2,1-4H3,(H,15,19)(H,17,18). The molecule has 0 bridgehead atoms. The van der Waals surface area contributed by atoms with Crippen molar-refractivity contribution in [1.82, 2.24) is 10.2 Å². The third-order valence-corrected chi connectivity index (χ3v) is 3.60. The summed E-state index contributed by atoms with van der Waals surface area (Å²) in [5.74, 6) is -0.941. The molecule has 1 aliphatic rings. The van der Waals surface area contributed by atoms with Gasteiger partial charge in [-0.3, -0.25) is 0 Å². The molecule has 1 aliphatic heterocycles. The maximum Gasteiger partial charge on any atom is 0.327 e. The Hall–Kier alpha value is -1.30. The Kier molecular flexibility index (Phi) is 5.80. The Morgan fingerprint density at radius 3 is 2.65 bits per heavy atom. The first-order chi connectivity index (χ1) is 9.25. The molecule has 0 radical (unpaired) electrons. The van der Waals surface area contributed by atoms with E-state index in [1.54, 1.807) is 0 Å². The van der Waals surface area contributed by atoms with Gasteiger partial charge in [-0.25, -0.2) is 9.59 Å². The van der Waals surface area contributed by atoms with Crippen LogP contribution in [0.25, 0.3) is 0 Å². The van der Waals surface area contributed by atoms with E-state index in [1.165, 1.54) is 4.90 Å². The second kappa shape index (κ2) is 6.92. The van der Waals surface area contributed by atoms with E-state index >= 15 is 0 Å². The number of carbonyl (C=O) groups is 2. The lowest BCUT2D eigenvalue weighted by molar-refractivity contribution is -0.148. The van der Waals surface area contributed by atoms with E-state index in [2.05, 4.69) is 5.32 Å². The van der Waals surface area contributed by atoms with Gasteiger partial charge in [-0.15, -0.1) is 0 Å². The summed E-state index contributed by atoms with van der Waals surface area (Å²) in [7, 11) is 0. The third-order valence-electron chi connectivity index (χ3n) is 3.60. The molecule has 1 fully saturated rings. The lowest BCUT2D eigenvalue weighted by Gasteiger charge is -2.43. The molecule has 1 saturated heterocycles. The van der Waals surface area contributed by atoms with Crippen LogP contribution in [-0.2, 0) is 9.53 Å². The van der Waals surface area contributed by atoms with Crippen molar-refractivity contribution >= 4 is 12.0 Å². The lowest BCUT2D eigenvalue weighted by atomic mass is 9.76. The zero-order chi connectivity index (χ0) is 15.3. The Morgan fingerprint density at radius 2 is 2.10 bits per heavy atom. The van der Waals surface area contributed by atoms with Crippen LogP contribution in [0.3, 0.4) is 0 Å². The number of carbonyl (C=O) groups excluding carboxylic acids is 1. The molecular formula is C14H26N2O4. The van der Waals surface area contributed by atoms with Crippen LogP contribution in [-0.4, -0.2) is 53.8 Å². The highest BCUT2D eigenvalue weighted by atomic mass is 16.5. The van der Waals surface area contributed by atoms with Crippen molar-refractivity contribution < 1.29 is 19.4 Å². The fourth-order valence-corrected chi connectivity index (χ4v) is 2.63. The number of rotatable bonds is 5. The summed E-state index contributed by atoms with van der Waals surface area (Å²) in [6, 6.07) is -1.10. The monoisotopic (exact) mass is 286 g/mol. The molecule has 6 heteroatoms. The molecule has 0 spiro atoms. The number of hydrogen-bond donors (Lipinski definition) is 2. The van der Waals surface area contributed by atoms with Gasteiger partial charge in [0, 0.05) is 13.1 Å². The van der Waals surface area contributed by atoms with E-state index in [1.807, 2.05) is 27.7 Å². The summed E-state index contributed by atoms with van der Waals surface area (Å²) in [5, 5.41) is 12.1. The van der Waals surface area contributed by atoms with Crippen LogP contribution in [0.4, 0.5) is 4.79 Å². The van der Waals surface area contributed by atoms with Crippen molar-refractivity contribution in [3.05, 3.63) is 0 Å². The average molecular weight is 286 g/mol. The van der Waals surface area contributed by atoms with Crippen molar-refractivity contribution in [2.45, 2.75) is 52.7 Å². The van der Waals surface area contributed by atoms with Crippen molar-refractivity contribution in [3.8, 4) is 0 Å². The summed E-state index contributed by atoms with van der Waals surface area (Å²) >= 11 is 0. The molecule has 0 aromatic carbocycles. The zero-order valence-electron chi connectivity index (χ0n) is 12.8. The fraction of sp³-hybridized carbons (Fsp3) is 0.857. The van der Waals surface area contributed by atoms with E-state index in [0.29, 0.717) is 19.7 Å². The molecule has 1 heterocycles. The number of ether oxygens (including phenoxy) is 1. The smallest absolute Gasteiger partial charge is 0.327 e. The molecule has 6 nitrogen and oxygen atoms in total. The van der Waals surface area contributed by atoms with Gasteiger partial charge >= 0.3 is 12.0 Å². The predicted octanol–water partition coefficient (Wildman–Crippen LogP) is 1.70. The van der Waals surface area contributed by atoms with Crippen molar-refractivity contribution in [2.24, 2.45) is 5.41 Å². The lowest BCUT2D eigenvalue weighted by Crippen LogP contribution is -2.58. The molecule has 0 saturated carbocycles. The van der Waals surface area contributed by atoms with Crippen LogP contribution in [0.1, 0.15) is 40.5 Å². The van der Waals surface area contributed by atoms with Gasteiger partial charge in [-0.2, -0.15) is 0 Å². The zero-order valence-corrected chi connectivity index (χ0v) is 12.8. The normalized spacial score (nSPS) is 21.9. The Balaban J connectivity index is 2.58. The molecule has 1 rings (SSSR count). The van der Waals surface area contributed by atoms with Crippen molar-refractivity contribution in [3.63, 3.8) is 0 Å². The SMILES string of the molecule is CC(C)OCCNC(=O)N1CCCC(C)(C)C1C(=O)O. The summed E-state index contributed by atoms with van der Waals surface area (Å²) in [6.07, 6.45) is 1.75. The Bertz CT molecular complexity index is 355. The number of hydrogen-bond acceptors (Lipinski definition) is 3. The number of amides is 2. The molecule has 0 aromatic rings. The first-order valence-corrected chi connectivity index (χ1v) is 7.14. The van der Waals surface area contributed by atoms with E-state index in [-0.39, 0.29) is 12.1 Å². The van der Waals surface area contributed by atoms with Crippen LogP contribution in [0.5, 0.6) is 0 Å². The summed E-state index contributed by atoms with van der Waals surface area (Å²) in [4.78, 5) is 25.0. The molecule has 0 aliphatic carbocycles. The highest BCUT2D eigenvalue weighted by molar-refractivity contribution is 5.83. The van der Waals surface area contributed by atoms with E-state index in [4.69, 9.17) is 4.74 Å². The maximum absolute atomic E-state index is 12.1. The number of nitrogens with zero attached hydrogens (tertiary/aromatic N) is 1. The first-order valence-electron chi connectivity index (χ1n) is 7.14. The van der Waals surface area contributed by atoms with Crippen LogP contribution < -0.4 is 5.32 Å². The number of aliphatic carboxylic acids is 1. The number of carboxylic acid groups (broad SMARTS) is 1. The highest BCUT2D eigenvalue weighted by Crippen LogP contribution is 2.35. The maximum atomic E-state index is 12.1. The summed E-state index contributed by atoms with van der Waals surface area (Å²) < 4.78 is 5.35. The number of carboxylic acids is 1. The Labute approximate surface area is 120 Å². The number of likely N-dealkylation sites (tertiary alicyclic amines) is 1. The van der Waals surface area contributed by atoms with Gasteiger partial charge < -0.3 is 20.1 Å². The quantitative estimate of drug-likeness (QED) is 0.754. The van der Waals surface area contributed by atoms with Gasteiger partial charge in [0.05, 0.1) is 12.7 Å². The highest BCUT2D eigenvalue weighted by Gasteiger charge is 2.44. The summed E-state index contributed by atoms with van der Waals surface area (Å²) in [6.45, 7) is 8.95. The second-order valence-electron chi connectivity index (χ2n) is 6.18. The minimum absolute atomic E-state index is 0.118. The first kappa shape index (κ1) is 16.8. The largest absolute Gasteiger partial charge is 0.480 e. The predicted molar refractivity (Wildman–Crippen MR) is 75.6 cm³/mol. The number of piperidine rings is 1. The molecule has 1 atom stereocenters. The van der Waals surface area contributed by atoms with Crippen LogP contribution >= 0.6 is 0 Å². The second-order valence-corrected chi connectivity index (χ2v) is 6.18. The van der Waals surface area contributed by atoms with Crippen molar-refractivity contribution in [1.29, 1.82) is 0 Å². The van der Waals surface area contributed by atoms with E-state index < -0.39 is 17.4 Å². The number of urea groups is 1. The van der Waals surface area contributed by atoms with Crippen LogP contribution in [0.15, 0.2) is 0 Å². The van der Waals surface area contributed by atoms with Gasteiger partial charge in [0.15, 0.2) is 0 Å². The molecule has 2 amide bonds. The van der Waals surface area contributed by atoms with Gasteiger partial charge in [0.25, 0.3) is 0 Å². The van der Waals surface area contributed by atoms with Gasteiger partial charge in [0.1, 0.15) is 6.04 Å². The molecular weight excluding hydrogens is 260 g/mol. The molecule has 1 unspecified atom stereocenters. The number of nitrogens with one attached hydrogen (secondary N) is 1. The topological polar surface area (TPSA) is 78.9 Å². The molecule has 2 N–H and O–H groups in total. The van der Waals surface area contributed by atoms with E-state index in [0.717, 1.165) is 12.8 Å². The molecule has 20 heavy (non-hydrogen) atoms. The third kappa shape index (κ3) is 4.37. The van der Waals surface area contributed by atoms with Crippen LogP contribution in [0, 0.1) is 5.41 Å². The van der Waals surface area contributed by atoms with Crippen LogP contribution in [0.2, 0.25) is 0 Å². The van der Waals surface area contributed by atoms with Crippen molar-refractivity contribution in [2.75, 3.05) is 19.7 Å². The van der Waals surface area contributed by atoms with E-state index in [9.17, 15) is 14.7 Å². The Morgan fingerprint density at radius 1 is 1.45 bits per heavy atom. The summed E-state index contributed by atoms with van der Waals surface area (Å²) in [5.41, 5.74) is -0.407.